The third-order valence-electron chi connectivity index (χ3n) is 4.01. The van der Waals surface area contributed by atoms with Crippen LogP contribution in [0.1, 0.15) is 28.5 Å². The van der Waals surface area contributed by atoms with Crippen molar-refractivity contribution in [2.24, 2.45) is 0 Å². The van der Waals surface area contributed by atoms with E-state index in [1.807, 2.05) is 59.2 Å². The van der Waals surface area contributed by atoms with E-state index in [4.69, 9.17) is 9.84 Å². The quantitative estimate of drug-likeness (QED) is 0.540. The Balaban J connectivity index is 2.00. The number of fused-ring (bicyclic) bond motifs is 1. The largest absolute Gasteiger partial charge is 0.478 e. The number of benzene rings is 2. The molecule has 26 heavy (non-hydrogen) atoms. The lowest BCUT2D eigenvalue weighted by Crippen LogP contribution is -2.12. The molecule has 1 N–H and O–H groups in total. The van der Waals surface area contributed by atoms with Crippen LogP contribution in [0.4, 0.5) is 0 Å². The van der Waals surface area contributed by atoms with Gasteiger partial charge in [0.15, 0.2) is 0 Å². The molecular weight excluding hydrogens is 330 g/mol. The van der Waals surface area contributed by atoms with Crippen molar-refractivity contribution in [1.82, 2.24) is 4.57 Å². The molecule has 0 radical (unpaired) electrons. The van der Waals surface area contributed by atoms with Gasteiger partial charge in [-0.1, -0.05) is 36.4 Å². The average molecular weight is 349 g/mol. The van der Waals surface area contributed by atoms with Crippen LogP contribution >= 0.6 is 0 Å². The van der Waals surface area contributed by atoms with Gasteiger partial charge in [-0.25, -0.2) is 9.59 Å². The molecule has 0 amide bonds. The maximum absolute atomic E-state index is 12.4. The van der Waals surface area contributed by atoms with E-state index in [1.54, 1.807) is 13.0 Å². The highest BCUT2D eigenvalue weighted by atomic mass is 16.5. The van der Waals surface area contributed by atoms with Gasteiger partial charge in [-0.2, -0.15) is 0 Å². The average Bonchev–Trinajstić information content (AvgIpc) is 2.99. The number of carboxylic acid groups (broad SMARTS) is 1. The van der Waals surface area contributed by atoms with Crippen LogP contribution in [0.15, 0.2) is 60.7 Å². The second-order valence-electron chi connectivity index (χ2n) is 5.81. The van der Waals surface area contributed by atoms with Gasteiger partial charge in [0.2, 0.25) is 0 Å². The third kappa shape index (κ3) is 3.83. The number of ether oxygens (including phenoxy) is 1. The number of rotatable bonds is 6. The Labute approximate surface area is 151 Å². The summed E-state index contributed by atoms with van der Waals surface area (Å²) in [6, 6.07) is 17.2. The van der Waals surface area contributed by atoms with E-state index >= 15 is 0 Å². The van der Waals surface area contributed by atoms with E-state index in [1.165, 1.54) is 0 Å². The molecule has 0 aliphatic heterocycles. The maximum atomic E-state index is 12.4. The van der Waals surface area contributed by atoms with Crippen LogP contribution in [0, 0.1) is 0 Å². The Morgan fingerprint density at radius 2 is 1.92 bits per heavy atom. The Morgan fingerprint density at radius 3 is 2.69 bits per heavy atom. The van der Waals surface area contributed by atoms with Crippen molar-refractivity contribution in [2.75, 3.05) is 6.61 Å². The van der Waals surface area contributed by atoms with Gasteiger partial charge in [0, 0.05) is 23.5 Å². The molecule has 3 rings (SSSR count). The van der Waals surface area contributed by atoms with Crippen LogP contribution in [-0.2, 0) is 16.1 Å². The molecule has 0 fully saturated rings. The number of nitrogens with zero attached hydrogens (tertiary/aromatic N) is 1. The van der Waals surface area contributed by atoms with Gasteiger partial charge in [0.25, 0.3) is 0 Å². The predicted molar refractivity (Wildman–Crippen MR) is 100 cm³/mol. The summed E-state index contributed by atoms with van der Waals surface area (Å²) in [6.07, 6.45) is 2.65. The fourth-order valence-electron chi connectivity index (χ4n) is 2.90. The SMILES string of the molecule is CCOC(=O)c1cc2ccccc2n1Cc1cccc(/C=C/C(=O)O)c1. The van der Waals surface area contributed by atoms with E-state index in [2.05, 4.69) is 0 Å². The molecule has 1 aromatic heterocycles. The number of aromatic nitrogens is 1. The predicted octanol–water partition coefficient (Wildman–Crippen LogP) is 3.96. The first-order valence-electron chi connectivity index (χ1n) is 8.34. The summed E-state index contributed by atoms with van der Waals surface area (Å²) >= 11 is 0. The van der Waals surface area contributed by atoms with E-state index in [-0.39, 0.29) is 5.97 Å². The molecule has 0 aliphatic rings. The van der Waals surface area contributed by atoms with Crippen molar-refractivity contribution >= 4 is 28.9 Å². The Bertz CT molecular complexity index is 985. The van der Waals surface area contributed by atoms with Crippen LogP contribution in [0.2, 0.25) is 0 Å². The number of carbonyl (C=O) groups is 2. The first kappa shape index (κ1) is 17.5. The zero-order valence-electron chi connectivity index (χ0n) is 14.4. The van der Waals surface area contributed by atoms with Crippen LogP contribution in [0.5, 0.6) is 0 Å². The molecule has 1 heterocycles. The maximum Gasteiger partial charge on any atom is 0.354 e. The first-order valence-corrected chi connectivity index (χ1v) is 8.34. The smallest absolute Gasteiger partial charge is 0.354 e. The van der Waals surface area contributed by atoms with E-state index < -0.39 is 5.97 Å². The number of para-hydroxylation sites is 1. The zero-order chi connectivity index (χ0) is 18.5. The summed E-state index contributed by atoms with van der Waals surface area (Å²) in [5.41, 5.74) is 3.20. The number of carbonyl (C=O) groups excluding carboxylic acids is 1. The second-order valence-corrected chi connectivity index (χ2v) is 5.81. The zero-order valence-corrected chi connectivity index (χ0v) is 14.4. The number of carboxylic acids is 1. The normalized spacial score (nSPS) is 11.1. The number of aliphatic carboxylic acids is 1. The lowest BCUT2D eigenvalue weighted by Gasteiger charge is -2.11. The van der Waals surface area contributed by atoms with Crippen molar-refractivity contribution < 1.29 is 19.4 Å². The molecule has 3 aromatic rings. The molecule has 0 spiro atoms. The number of hydrogen-bond acceptors (Lipinski definition) is 3. The van der Waals surface area contributed by atoms with E-state index in [0.29, 0.717) is 18.8 Å². The van der Waals surface area contributed by atoms with Crippen molar-refractivity contribution in [3.8, 4) is 0 Å². The van der Waals surface area contributed by atoms with Crippen LogP contribution in [-0.4, -0.2) is 28.2 Å². The fraction of sp³-hybridized carbons (Fsp3) is 0.143. The van der Waals surface area contributed by atoms with Crippen LogP contribution in [0.3, 0.4) is 0 Å². The fourth-order valence-corrected chi connectivity index (χ4v) is 2.90. The molecule has 5 nitrogen and oxygen atoms in total. The first-order chi connectivity index (χ1) is 12.6. The Hall–Kier alpha value is -3.34. The van der Waals surface area contributed by atoms with Gasteiger partial charge in [-0.05, 0) is 42.3 Å². The minimum absolute atomic E-state index is 0.315. The van der Waals surface area contributed by atoms with Crippen molar-refractivity contribution in [3.05, 3.63) is 77.5 Å². The Morgan fingerprint density at radius 1 is 1.12 bits per heavy atom. The lowest BCUT2D eigenvalue weighted by atomic mass is 10.1. The van der Waals surface area contributed by atoms with Gasteiger partial charge in [0.05, 0.1) is 6.61 Å². The third-order valence-corrected chi connectivity index (χ3v) is 4.01. The molecule has 0 bridgehead atoms. The minimum atomic E-state index is -0.989. The van der Waals surface area contributed by atoms with Crippen molar-refractivity contribution in [1.29, 1.82) is 0 Å². The van der Waals surface area contributed by atoms with Gasteiger partial charge < -0.3 is 14.4 Å². The summed E-state index contributed by atoms with van der Waals surface area (Å²) in [4.78, 5) is 23.0. The number of hydrogen-bond donors (Lipinski definition) is 1. The van der Waals surface area contributed by atoms with Gasteiger partial charge in [0.1, 0.15) is 5.69 Å². The van der Waals surface area contributed by atoms with Crippen molar-refractivity contribution in [3.63, 3.8) is 0 Å². The molecular formula is C21H19NO4. The molecule has 0 saturated carbocycles. The van der Waals surface area contributed by atoms with Crippen molar-refractivity contribution in [2.45, 2.75) is 13.5 Å². The standard InChI is InChI=1S/C21H19NO4/c1-2-26-21(25)19-13-17-8-3-4-9-18(17)22(19)14-16-7-5-6-15(12-16)10-11-20(23)24/h3-13H,2,14H2,1H3,(H,23,24)/b11-10+. The molecule has 2 aromatic carbocycles. The highest BCUT2D eigenvalue weighted by Crippen LogP contribution is 2.22. The molecule has 5 heteroatoms. The number of esters is 1. The molecule has 0 unspecified atom stereocenters. The van der Waals surface area contributed by atoms with E-state index in [0.717, 1.165) is 28.1 Å². The highest BCUT2D eigenvalue weighted by molar-refractivity contribution is 5.95. The Kier molecular flexibility index (Phi) is 5.17. The van der Waals surface area contributed by atoms with Crippen LogP contribution in [0.25, 0.3) is 17.0 Å². The van der Waals surface area contributed by atoms with Gasteiger partial charge >= 0.3 is 11.9 Å². The summed E-state index contributed by atoms with van der Waals surface area (Å²) in [5, 5.41) is 9.75. The summed E-state index contributed by atoms with van der Waals surface area (Å²) < 4.78 is 7.11. The monoisotopic (exact) mass is 349 g/mol. The van der Waals surface area contributed by atoms with Crippen LogP contribution < -0.4 is 0 Å². The molecule has 0 saturated heterocycles. The second kappa shape index (κ2) is 7.70. The summed E-state index contributed by atoms with van der Waals surface area (Å²) in [5.74, 6) is -1.35. The minimum Gasteiger partial charge on any atom is -0.478 e. The topological polar surface area (TPSA) is 68.5 Å². The van der Waals surface area contributed by atoms with Gasteiger partial charge in [-0.3, -0.25) is 0 Å². The van der Waals surface area contributed by atoms with E-state index in [9.17, 15) is 9.59 Å². The lowest BCUT2D eigenvalue weighted by molar-refractivity contribution is -0.131. The molecule has 132 valence electrons. The summed E-state index contributed by atoms with van der Waals surface area (Å²) in [7, 11) is 0. The van der Waals surface area contributed by atoms with Gasteiger partial charge in [-0.15, -0.1) is 0 Å². The highest BCUT2D eigenvalue weighted by Gasteiger charge is 2.16. The summed E-state index contributed by atoms with van der Waals surface area (Å²) in [6.45, 7) is 2.58. The molecule has 0 atom stereocenters. The molecule has 0 aliphatic carbocycles.